The standard InChI is InChI=1S/C34H67O/c1-3-5-7-9-11-13-15-17-18-19-20-22-24-26-28-30-32-34(33-35)31-29-27-25-23-21-16-14-12-10-8-6-4-2/h34H,3-32H2,1-2H3. The van der Waals surface area contributed by atoms with Crippen LogP contribution in [0.25, 0.3) is 0 Å². The molecule has 0 aliphatic rings. The molecule has 0 aromatic heterocycles. The SMILES string of the molecule is CCCCCCCCCCCCCCCCCCC([C]=O)CCCCCCCCCCCCCC. The number of unbranched alkanes of at least 4 members (excludes halogenated alkanes) is 26. The van der Waals surface area contributed by atoms with Crippen molar-refractivity contribution >= 4 is 6.29 Å². The summed E-state index contributed by atoms with van der Waals surface area (Å²) in [6, 6.07) is 0. The van der Waals surface area contributed by atoms with Gasteiger partial charge >= 0.3 is 0 Å². The second-order valence-electron chi connectivity index (χ2n) is 11.6. The maximum atomic E-state index is 11.3. The lowest BCUT2D eigenvalue weighted by molar-refractivity contribution is 0.448. The molecular formula is C34H67O. The third-order valence-electron chi connectivity index (χ3n) is 7.98. The summed E-state index contributed by atoms with van der Waals surface area (Å²) in [6.07, 6.45) is 43.7. The highest BCUT2D eigenvalue weighted by molar-refractivity contribution is 5.54. The van der Waals surface area contributed by atoms with Crippen molar-refractivity contribution < 1.29 is 4.79 Å². The van der Waals surface area contributed by atoms with Gasteiger partial charge in [0.1, 0.15) is 0 Å². The van der Waals surface area contributed by atoms with Crippen molar-refractivity contribution in [1.29, 1.82) is 0 Å². The molecule has 1 heteroatoms. The van der Waals surface area contributed by atoms with Crippen molar-refractivity contribution in [2.45, 2.75) is 206 Å². The summed E-state index contributed by atoms with van der Waals surface area (Å²) in [6.45, 7) is 4.58. The van der Waals surface area contributed by atoms with Crippen LogP contribution >= 0.6 is 0 Å². The van der Waals surface area contributed by atoms with Gasteiger partial charge in [0.2, 0.25) is 6.29 Å². The Morgan fingerprint density at radius 3 is 0.743 bits per heavy atom. The van der Waals surface area contributed by atoms with Crippen molar-refractivity contribution in [2.24, 2.45) is 5.92 Å². The summed E-state index contributed by atoms with van der Waals surface area (Å²) >= 11 is 0. The number of carbonyl (C=O) groups excluding carboxylic acids is 1. The maximum absolute atomic E-state index is 11.3. The maximum Gasteiger partial charge on any atom is 0.201 e. The molecule has 0 bridgehead atoms. The van der Waals surface area contributed by atoms with Gasteiger partial charge < -0.3 is 0 Å². The average molecular weight is 492 g/mol. The topological polar surface area (TPSA) is 17.1 Å². The van der Waals surface area contributed by atoms with E-state index in [0.717, 1.165) is 12.8 Å². The van der Waals surface area contributed by atoms with E-state index in [1.807, 2.05) is 0 Å². The number of rotatable bonds is 31. The minimum absolute atomic E-state index is 0.213. The van der Waals surface area contributed by atoms with Gasteiger partial charge in [-0.1, -0.05) is 194 Å². The number of hydrogen-bond acceptors (Lipinski definition) is 1. The molecule has 0 N–H and O–H groups in total. The van der Waals surface area contributed by atoms with Crippen LogP contribution in [0.15, 0.2) is 0 Å². The van der Waals surface area contributed by atoms with Crippen LogP contribution in [0.3, 0.4) is 0 Å². The first-order valence-corrected chi connectivity index (χ1v) is 16.7. The van der Waals surface area contributed by atoms with Gasteiger partial charge in [0.25, 0.3) is 0 Å². The molecular weight excluding hydrogens is 424 g/mol. The Balaban J connectivity index is 3.26. The Kier molecular flexibility index (Phi) is 31.4. The fourth-order valence-corrected chi connectivity index (χ4v) is 5.43. The molecule has 209 valence electrons. The molecule has 0 aromatic carbocycles. The fraction of sp³-hybridized carbons (Fsp3) is 0.971. The van der Waals surface area contributed by atoms with Crippen LogP contribution in [0.2, 0.25) is 0 Å². The van der Waals surface area contributed by atoms with E-state index in [-0.39, 0.29) is 5.92 Å². The zero-order chi connectivity index (χ0) is 25.5. The monoisotopic (exact) mass is 492 g/mol. The van der Waals surface area contributed by atoms with Crippen LogP contribution in [-0.4, -0.2) is 6.29 Å². The second kappa shape index (κ2) is 31.7. The van der Waals surface area contributed by atoms with Crippen LogP contribution in [0.5, 0.6) is 0 Å². The lowest BCUT2D eigenvalue weighted by atomic mass is 9.95. The van der Waals surface area contributed by atoms with Gasteiger partial charge in [-0.2, -0.15) is 0 Å². The van der Waals surface area contributed by atoms with Crippen LogP contribution in [-0.2, 0) is 4.79 Å². The zero-order valence-corrected chi connectivity index (χ0v) is 24.7. The Morgan fingerprint density at radius 1 is 0.343 bits per heavy atom. The molecule has 0 amide bonds. The largest absolute Gasteiger partial charge is 0.291 e. The van der Waals surface area contributed by atoms with Crippen LogP contribution < -0.4 is 0 Å². The van der Waals surface area contributed by atoms with Crippen molar-refractivity contribution in [3.8, 4) is 0 Å². The Hall–Kier alpha value is -0.330. The minimum Gasteiger partial charge on any atom is -0.291 e. The Bertz CT molecular complexity index is 377. The summed E-state index contributed by atoms with van der Waals surface area (Å²) in [5.74, 6) is 0.213. The molecule has 0 spiro atoms. The summed E-state index contributed by atoms with van der Waals surface area (Å²) in [5, 5.41) is 0. The van der Waals surface area contributed by atoms with Crippen LogP contribution in [0.4, 0.5) is 0 Å². The van der Waals surface area contributed by atoms with Gasteiger partial charge in [-0.05, 0) is 12.8 Å². The third kappa shape index (κ3) is 29.8. The van der Waals surface area contributed by atoms with E-state index in [9.17, 15) is 4.79 Å². The van der Waals surface area contributed by atoms with Crippen molar-refractivity contribution in [3.63, 3.8) is 0 Å². The van der Waals surface area contributed by atoms with Gasteiger partial charge in [0.15, 0.2) is 0 Å². The van der Waals surface area contributed by atoms with Gasteiger partial charge in [-0.3, -0.25) is 4.79 Å². The quantitative estimate of drug-likeness (QED) is 0.0881. The fourth-order valence-electron chi connectivity index (χ4n) is 5.43. The van der Waals surface area contributed by atoms with Crippen molar-refractivity contribution in [1.82, 2.24) is 0 Å². The smallest absolute Gasteiger partial charge is 0.201 e. The summed E-state index contributed by atoms with van der Waals surface area (Å²) in [4.78, 5) is 11.3. The summed E-state index contributed by atoms with van der Waals surface area (Å²) in [5.41, 5.74) is 0. The molecule has 1 nitrogen and oxygen atoms in total. The van der Waals surface area contributed by atoms with Crippen molar-refractivity contribution in [3.05, 3.63) is 0 Å². The predicted molar refractivity (Wildman–Crippen MR) is 159 cm³/mol. The van der Waals surface area contributed by atoms with Gasteiger partial charge in [0, 0.05) is 5.92 Å². The molecule has 35 heavy (non-hydrogen) atoms. The van der Waals surface area contributed by atoms with E-state index in [0.29, 0.717) is 0 Å². The van der Waals surface area contributed by atoms with E-state index in [1.54, 1.807) is 0 Å². The Labute approximate surface area is 223 Å². The molecule has 1 radical (unpaired) electrons. The molecule has 1 unspecified atom stereocenters. The first-order valence-electron chi connectivity index (χ1n) is 16.7. The number of hydrogen-bond donors (Lipinski definition) is 0. The van der Waals surface area contributed by atoms with E-state index in [2.05, 4.69) is 20.1 Å². The highest BCUT2D eigenvalue weighted by Gasteiger charge is 2.08. The van der Waals surface area contributed by atoms with E-state index in [1.165, 1.54) is 180 Å². The second-order valence-corrected chi connectivity index (χ2v) is 11.6. The normalized spacial score (nSPS) is 12.3. The molecule has 0 aromatic rings. The highest BCUT2D eigenvalue weighted by atomic mass is 16.1. The molecule has 0 saturated heterocycles. The van der Waals surface area contributed by atoms with Crippen LogP contribution in [0.1, 0.15) is 206 Å². The highest BCUT2D eigenvalue weighted by Crippen LogP contribution is 2.19. The molecule has 1 atom stereocenters. The average Bonchev–Trinajstić information content (AvgIpc) is 2.87. The van der Waals surface area contributed by atoms with Gasteiger partial charge in [-0.15, -0.1) is 0 Å². The molecule has 0 aliphatic heterocycles. The first kappa shape index (κ1) is 34.7. The van der Waals surface area contributed by atoms with E-state index >= 15 is 0 Å². The molecule has 0 fully saturated rings. The molecule has 0 rings (SSSR count). The Morgan fingerprint density at radius 2 is 0.543 bits per heavy atom. The third-order valence-corrected chi connectivity index (χ3v) is 7.98. The minimum atomic E-state index is 0.213. The van der Waals surface area contributed by atoms with E-state index < -0.39 is 0 Å². The van der Waals surface area contributed by atoms with Gasteiger partial charge in [0.05, 0.1) is 0 Å². The summed E-state index contributed by atoms with van der Waals surface area (Å²) < 4.78 is 0. The predicted octanol–water partition coefficient (Wildman–Crippen LogP) is 12.5. The lowest BCUT2D eigenvalue weighted by Gasteiger charge is -2.09. The zero-order valence-electron chi connectivity index (χ0n) is 24.7. The van der Waals surface area contributed by atoms with Gasteiger partial charge in [-0.25, -0.2) is 0 Å². The molecule has 0 saturated carbocycles. The molecule has 0 aliphatic carbocycles. The van der Waals surface area contributed by atoms with Crippen molar-refractivity contribution in [2.75, 3.05) is 0 Å². The summed E-state index contributed by atoms with van der Waals surface area (Å²) in [7, 11) is 0. The lowest BCUT2D eigenvalue weighted by Crippen LogP contribution is -2.02. The first-order chi connectivity index (χ1) is 17.3. The van der Waals surface area contributed by atoms with E-state index in [4.69, 9.17) is 0 Å². The van der Waals surface area contributed by atoms with Crippen LogP contribution in [0, 0.1) is 5.92 Å². The molecule has 0 heterocycles.